The maximum Gasteiger partial charge on any atom is 0.194 e. The molecule has 0 saturated carbocycles. The lowest BCUT2D eigenvalue weighted by molar-refractivity contribution is 0.483. The van der Waals surface area contributed by atoms with E-state index in [2.05, 4.69) is 59.1 Å². The van der Waals surface area contributed by atoms with E-state index in [9.17, 15) is 0 Å². The van der Waals surface area contributed by atoms with Gasteiger partial charge < -0.3 is 9.73 Å². The number of hydrogen-bond acceptors (Lipinski definition) is 3. The second-order valence-corrected chi connectivity index (χ2v) is 6.69. The zero-order valence-corrected chi connectivity index (χ0v) is 14.5. The van der Waals surface area contributed by atoms with Crippen molar-refractivity contribution in [2.24, 2.45) is 5.92 Å². The van der Waals surface area contributed by atoms with Crippen LogP contribution in [0.15, 0.2) is 33.3 Å². The molecule has 3 nitrogen and oxygen atoms in total. The molecular weight excluding hydrogens is 328 g/mol. The number of oxazole rings is 1. The van der Waals surface area contributed by atoms with Crippen LogP contribution in [-0.2, 0) is 6.42 Å². The van der Waals surface area contributed by atoms with Crippen LogP contribution < -0.4 is 5.32 Å². The zero-order chi connectivity index (χ0) is 15.2. The van der Waals surface area contributed by atoms with Gasteiger partial charge in [-0.1, -0.05) is 35.8 Å². The second-order valence-electron chi connectivity index (χ2n) is 5.78. The lowest BCUT2D eigenvalue weighted by atomic mass is 10.1. The summed E-state index contributed by atoms with van der Waals surface area (Å²) in [6.07, 6.45) is 3.74. The number of aryl methyl sites for hydroxylation is 2. The third-order valence-electron chi connectivity index (χ3n) is 3.32. The molecule has 21 heavy (non-hydrogen) atoms. The Bertz CT molecular complexity index is 578. The van der Waals surface area contributed by atoms with Crippen LogP contribution in [0.1, 0.15) is 31.7 Å². The summed E-state index contributed by atoms with van der Waals surface area (Å²) >= 11 is 3.50. The summed E-state index contributed by atoms with van der Waals surface area (Å²) in [5.74, 6) is 2.35. The van der Waals surface area contributed by atoms with E-state index in [-0.39, 0.29) is 0 Å². The van der Waals surface area contributed by atoms with Gasteiger partial charge in [-0.3, -0.25) is 0 Å². The van der Waals surface area contributed by atoms with Gasteiger partial charge in [-0.05, 0) is 50.0 Å². The number of benzene rings is 1. The summed E-state index contributed by atoms with van der Waals surface area (Å²) in [5.41, 5.74) is 2.29. The fourth-order valence-electron chi connectivity index (χ4n) is 2.17. The van der Waals surface area contributed by atoms with Crippen molar-refractivity contribution < 1.29 is 4.42 Å². The molecule has 0 radical (unpaired) electrons. The molecule has 2 rings (SSSR count). The predicted octanol–water partition coefficient (Wildman–Crippen LogP) is 4.59. The monoisotopic (exact) mass is 350 g/mol. The molecule has 0 bridgehead atoms. The molecule has 0 amide bonds. The van der Waals surface area contributed by atoms with Crippen LogP contribution in [0.25, 0.3) is 11.3 Å². The molecule has 114 valence electrons. The molecule has 0 unspecified atom stereocenters. The Morgan fingerprint density at radius 2 is 2.14 bits per heavy atom. The molecule has 0 atom stereocenters. The topological polar surface area (TPSA) is 38.1 Å². The largest absolute Gasteiger partial charge is 0.441 e. The summed E-state index contributed by atoms with van der Waals surface area (Å²) in [7, 11) is 0. The van der Waals surface area contributed by atoms with Crippen LogP contribution in [-0.4, -0.2) is 18.1 Å². The van der Waals surface area contributed by atoms with Crippen molar-refractivity contribution >= 4 is 15.9 Å². The minimum Gasteiger partial charge on any atom is -0.441 e. The van der Waals surface area contributed by atoms with Gasteiger partial charge in [-0.2, -0.15) is 0 Å². The first-order chi connectivity index (χ1) is 10.1. The maximum atomic E-state index is 5.87. The molecule has 4 heteroatoms. The standard InChI is InChI=1S/C17H23BrN2O/c1-12(2)10-19-8-4-5-17-20-11-16(21-17)15-9-14(18)7-6-13(15)3/h6-7,9,11-12,19H,4-5,8,10H2,1-3H3. The van der Waals surface area contributed by atoms with Crippen LogP contribution in [0, 0.1) is 12.8 Å². The maximum absolute atomic E-state index is 5.87. The molecule has 1 aromatic carbocycles. The summed E-state index contributed by atoms with van der Waals surface area (Å²) < 4.78 is 6.93. The van der Waals surface area contributed by atoms with Gasteiger partial charge in [0.1, 0.15) is 0 Å². The highest BCUT2D eigenvalue weighted by Crippen LogP contribution is 2.27. The van der Waals surface area contributed by atoms with Gasteiger partial charge in [0, 0.05) is 16.5 Å². The minimum absolute atomic E-state index is 0.692. The normalized spacial score (nSPS) is 11.3. The number of nitrogens with zero attached hydrogens (tertiary/aromatic N) is 1. The Kier molecular flexibility index (Phi) is 6.00. The van der Waals surface area contributed by atoms with Crippen LogP contribution in [0.2, 0.25) is 0 Å². The van der Waals surface area contributed by atoms with Crippen LogP contribution >= 0.6 is 15.9 Å². The second kappa shape index (κ2) is 7.76. The highest BCUT2D eigenvalue weighted by Gasteiger charge is 2.09. The Morgan fingerprint density at radius 1 is 1.33 bits per heavy atom. The van der Waals surface area contributed by atoms with Gasteiger partial charge >= 0.3 is 0 Å². The van der Waals surface area contributed by atoms with Gasteiger partial charge in [0.15, 0.2) is 11.7 Å². The van der Waals surface area contributed by atoms with Crippen molar-refractivity contribution in [1.82, 2.24) is 10.3 Å². The molecule has 0 aliphatic rings. The smallest absolute Gasteiger partial charge is 0.194 e. The fourth-order valence-corrected chi connectivity index (χ4v) is 2.53. The minimum atomic E-state index is 0.692. The Hall–Kier alpha value is -1.13. The molecule has 0 fully saturated rings. The van der Waals surface area contributed by atoms with E-state index >= 15 is 0 Å². The van der Waals surface area contributed by atoms with E-state index in [1.807, 2.05) is 12.3 Å². The van der Waals surface area contributed by atoms with Crippen molar-refractivity contribution in [1.29, 1.82) is 0 Å². The highest BCUT2D eigenvalue weighted by atomic mass is 79.9. The van der Waals surface area contributed by atoms with E-state index in [0.717, 1.165) is 47.6 Å². The summed E-state index contributed by atoms with van der Waals surface area (Å²) in [4.78, 5) is 4.39. The van der Waals surface area contributed by atoms with Crippen LogP contribution in [0.5, 0.6) is 0 Å². The van der Waals surface area contributed by atoms with Gasteiger partial charge in [0.05, 0.1) is 6.20 Å². The van der Waals surface area contributed by atoms with Crippen molar-refractivity contribution in [3.8, 4) is 11.3 Å². The molecule has 0 aliphatic heterocycles. The van der Waals surface area contributed by atoms with Crippen LogP contribution in [0.4, 0.5) is 0 Å². The van der Waals surface area contributed by atoms with Gasteiger partial charge in [-0.25, -0.2) is 4.98 Å². The number of aromatic nitrogens is 1. The molecule has 1 aromatic heterocycles. The molecule has 1 N–H and O–H groups in total. The Morgan fingerprint density at radius 3 is 2.90 bits per heavy atom. The number of hydrogen-bond donors (Lipinski definition) is 1. The summed E-state index contributed by atoms with van der Waals surface area (Å²) in [6, 6.07) is 6.19. The summed E-state index contributed by atoms with van der Waals surface area (Å²) in [6.45, 7) is 8.58. The molecular formula is C17H23BrN2O. The number of nitrogens with one attached hydrogen (secondary N) is 1. The Balaban J connectivity index is 1.91. The van der Waals surface area contributed by atoms with Crippen molar-refractivity contribution in [3.05, 3.63) is 40.3 Å². The third-order valence-corrected chi connectivity index (χ3v) is 3.81. The average molecular weight is 351 g/mol. The van der Waals surface area contributed by atoms with E-state index in [1.165, 1.54) is 5.56 Å². The van der Waals surface area contributed by atoms with Gasteiger partial charge in [0.2, 0.25) is 0 Å². The lowest BCUT2D eigenvalue weighted by Gasteiger charge is -2.06. The van der Waals surface area contributed by atoms with Crippen molar-refractivity contribution in [3.63, 3.8) is 0 Å². The highest BCUT2D eigenvalue weighted by molar-refractivity contribution is 9.10. The van der Waals surface area contributed by atoms with Crippen molar-refractivity contribution in [2.75, 3.05) is 13.1 Å². The van der Waals surface area contributed by atoms with E-state index < -0.39 is 0 Å². The third kappa shape index (κ3) is 4.97. The van der Waals surface area contributed by atoms with E-state index in [1.54, 1.807) is 0 Å². The zero-order valence-electron chi connectivity index (χ0n) is 12.9. The first-order valence-electron chi connectivity index (χ1n) is 7.48. The SMILES string of the molecule is Cc1ccc(Br)cc1-c1cnc(CCCNCC(C)C)o1. The quantitative estimate of drug-likeness (QED) is 0.742. The van der Waals surface area contributed by atoms with Crippen molar-refractivity contribution in [2.45, 2.75) is 33.6 Å². The van der Waals surface area contributed by atoms with Crippen LogP contribution in [0.3, 0.4) is 0 Å². The first-order valence-corrected chi connectivity index (χ1v) is 8.27. The van der Waals surface area contributed by atoms with Gasteiger partial charge in [0.25, 0.3) is 0 Å². The first kappa shape index (κ1) is 16.2. The molecule has 0 saturated heterocycles. The number of halogens is 1. The number of rotatable bonds is 7. The Labute approximate surface area is 135 Å². The molecule has 0 aliphatic carbocycles. The lowest BCUT2D eigenvalue weighted by Crippen LogP contribution is -2.21. The fraction of sp³-hybridized carbons (Fsp3) is 0.471. The molecule has 1 heterocycles. The molecule has 2 aromatic rings. The predicted molar refractivity (Wildman–Crippen MR) is 90.4 cm³/mol. The summed E-state index contributed by atoms with van der Waals surface area (Å²) in [5, 5.41) is 3.43. The average Bonchev–Trinajstić information content (AvgIpc) is 2.89. The van der Waals surface area contributed by atoms with E-state index in [4.69, 9.17) is 4.42 Å². The molecule has 0 spiro atoms. The van der Waals surface area contributed by atoms with E-state index in [0.29, 0.717) is 5.92 Å². The van der Waals surface area contributed by atoms with Gasteiger partial charge in [-0.15, -0.1) is 0 Å².